The molecule has 0 amide bonds. The van der Waals surface area contributed by atoms with Crippen LogP contribution in [0.3, 0.4) is 0 Å². The van der Waals surface area contributed by atoms with E-state index < -0.39 is 11.7 Å². The van der Waals surface area contributed by atoms with Gasteiger partial charge in [0.2, 0.25) is 0 Å². The first-order valence-electron chi connectivity index (χ1n) is 5.85. The summed E-state index contributed by atoms with van der Waals surface area (Å²) in [6.45, 7) is 0.151. The van der Waals surface area contributed by atoms with Crippen molar-refractivity contribution in [1.29, 1.82) is 0 Å². The lowest BCUT2D eigenvalue weighted by atomic mass is 10.2. The fourth-order valence-corrected chi connectivity index (χ4v) is 1.84. The number of rotatable bonds is 4. The summed E-state index contributed by atoms with van der Waals surface area (Å²) < 4.78 is 42.8. The lowest BCUT2D eigenvalue weighted by Crippen LogP contribution is -2.06. The van der Waals surface area contributed by atoms with E-state index in [1.807, 2.05) is 0 Å². The van der Waals surface area contributed by atoms with E-state index in [4.69, 9.17) is 16.3 Å². The summed E-state index contributed by atoms with van der Waals surface area (Å²) in [6, 6.07) is 6.22. The Labute approximate surface area is 123 Å². The van der Waals surface area contributed by atoms with E-state index in [9.17, 15) is 13.2 Å². The van der Waals surface area contributed by atoms with E-state index in [0.717, 1.165) is 12.1 Å². The Morgan fingerprint density at radius 3 is 2.67 bits per heavy atom. The van der Waals surface area contributed by atoms with E-state index in [-0.39, 0.29) is 17.4 Å². The van der Waals surface area contributed by atoms with Crippen molar-refractivity contribution in [3.8, 4) is 0 Å². The maximum atomic E-state index is 12.6. The van der Waals surface area contributed by atoms with Gasteiger partial charge in [-0.25, -0.2) is 9.97 Å². The number of ether oxygens (including phenoxy) is 1. The fraction of sp³-hybridized carbons (Fsp3) is 0.231. The van der Waals surface area contributed by atoms with Crippen molar-refractivity contribution in [2.45, 2.75) is 12.8 Å². The van der Waals surface area contributed by atoms with Crippen LogP contribution in [0.2, 0.25) is 5.15 Å². The molecule has 0 saturated carbocycles. The fourth-order valence-electron chi connectivity index (χ4n) is 1.64. The van der Waals surface area contributed by atoms with Crippen LogP contribution >= 0.6 is 11.6 Å². The first kappa shape index (κ1) is 15.5. The van der Waals surface area contributed by atoms with Crippen molar-refractivity contribution < 1.29 is 17.9 Å². The number of hydrogen-bond acceptors (Lipinski definition) is 4. The SMILES string of the molecule is COCc1nc(Cl)cc(Nc2cccc(C(F)(F)F)c2)n1. The summed E-state index contributed by atoms with van der Waals surface area (Å²) in [5.41, 5.74) is -0.493. The minimum atomic E-state index is -4.40. The molecule has 112 valence electrons. The summed E-state index contributed by atoms with van der Waals surface area (Å²) in [7, 11) is 1.48. The van der Waals surface area contributed by atoms with E-state index in [1.54, 1.807) is 0 Å². The van der Waals surface area contributed by atoms with Gasteiger partial charge in [-0.3, -0.25) is 0 Å². The molecule has 0 aliphatic rings. The smallest absolute Gasteiger partial charge is 0.377 e. The maximum Gasteiger partial charge on any atom is 0.416 e. The lowest BCUT2D eigenvalue weighted by molar-refractivity contribution is -0.137. The Hall–Kier alpha value is -1.86. The summed E-state index contributed by atoms with van der Waals surface area (Å²) in [5, 5.41) is 2.94. The third-order valence-corrected chi connectivity index (χ3v) is 2.67. The van der Waals surface area contributed by atoms with Crippen LogP contribution < -0.4 is 5.32 Å². The Kier molecular flexibility index (Phi) is 4.64. The number of halogens is 4. The molecule has 0 atom stereocenters. The molecular formula is C13H11ClF3N3O. The van der Waals surface area contributed by atoms with Crippen LogP contribution in [0.25, 0.3) is 0 Å². The van der Waals surface area contributed by atoms with Crippen LogP contribution in [0.5, 0.6) is 0 Å². The molecule has 21 heavy (non-hydrogen) atoms. The number of benzene rings is 1. The van der Waals surface area contributed by atoms with E-state index in [2.05, 4.69) is 15.3 Å². The van der Waals surface area contributed by atoms with Crippen molar-refractivity contribution in [3.63, 3.8) is 0 Å². The molecule has 0 unspecified atom stereocenters. The van der Waals surface area contributed by atoms with Crippen LogP contribution in [0, 0.1) is 0 Å². The number of nitrogens with zero attached hydrogens (tertiary/aromatic N) is 2. The Morgan fingerprint density at radius 1 is 1.24 bits per heavy atom. The van der Waals surface area contributed by atoms with Gasteiger partial charge in [0.15, 0.2) is 5.82 Å². The van der Waals surface area contributed by atoms with Crippen molar-refractivity contribution in [3.05, 3.63) is 46.9 Å². The average molecular weight is 318 g/mol. The van der Waals surface area contributed by atoms with Crippen LogP contribution in [0.1, 0.15) is 11.4 Å². The number of alkyl halides is 3. The second-order valence-electron chi connectivity index (χ2n) is 4.13. The monoisotopic (exact) mass is 317 g/mol. The van der Waals surface area contributed by atoms with E-state index in [0.29, 0.717) is 11.6 Å². The maximum absolute atomic E-state index is 12.6. The molecule has 1 aromatic carbocycles. The first-order valence-corrected chi connectivity index (χ1v) is 6.23. The predicted octanol–water partition coefficient (Wildman–Crippen LogP) is 4.04. The van der Waals surface area contributed by atoms with Crippen LogP contribution in [-0.2, 0) is 17.5 Å². The molecule has 1 aromatic heterocycles. The molecule has 1 N–H and O–H groups in total. The molecule has 2 aromatic rings. The molecule has 0 spiro atoms. The highest BCUT2D eigenvalue weighted by Gasteiger charge is 2.30. The van der Waals surface area contributed by atoms with Crippen molar-refractivity contribution >= 4 is 23.1 Å². The van der Waals surface area contributed by atoms with Gasteiger partial charge in [-0.2, -0.15) is 13.2 Å². The highest BCUT2D eigenvalue weighted by molar-refractivity contribution is 6.29. The molecule has 0 aliphatic heterocycles. The van der Waals surface area contributed by atoms with Crippen LogP contribution in [0.15, 0.2) is 30.3 Å². The number of anilines is 2. The van der Waals surface area contributed by atoms with Gasteiger partial charge in [-0.05, 0) is 18.2 Å². The minimum absolute atomic E-state index is 0.151. The van der Waals surface area contributed by atoms with Gasteiger partial charge in [0.1, 0.15) is 17.6 Å². The third kappa shape index (κ3) is 4.30. The second-order valence-corrected chi connectivity index (χ2v) is 4.52. The van der Waals surface area contributed by atoms with Crippen LogP contribution in [-0.4, -0.2) is 17.1 Å². The van der Waals surface area contributed by atoms with Gasteiger partial charge >= 0.3 is 6.18 Å². The van der Waals surface area contributed by atoms with Gasteiger partial charge in [0, 0.05) is 18.9 Å². The number of hydrogen-bond donors (Lipinski definition) is 1. The normalized spacial score (nSPS) is 11.5. The van der Waals surface area contributed by atoms with Crippen molar-refractivity contribution in [2.24, 2.45) is 0 Å². The standard InChI is InChI=1S/C13H11ClF3N3O/c1-21-7-12-19-10(14)6-11(20-12)18-9-4-2-3-8(5-9)13(15,16)17/h2-6H,7H2,1H3,(H,18,19,20). The van der Waals surface area contributed by atoms with Gasteiger partial charge in [-0.15, -0.1) is 0 Å². The quantitative estimate of drug-likeness (QED) is 0.865. The van der Waals surface area contributed by atoms with E-state index >= 15 is 0 Å². The number of methoxy groups -OCH3 is 1. The molecule has 8 heteroatoms. The summed E-state index contributed by atoms with van der Waals surface area (Å²) in [4.78, 5) is 8.03. The molecule has 4 nitrogen and oxygen atoms in total. The largest absolute Gasteiger partial charge is 0.416 e. The Balaban J connectivity index is 2.26. The summed E-state index contributed by atoms with van der Waals surface area (Å²) in [5.74, 6) is 0.626. The molecule has 0 radical (unpaired) electrons. The lowest BCUT2D eigenvalue weighted by Gasteiger charge is -2.11. The Bertz CT molecular complexity index is 634. The highest BCUT2D eigenvalue weighted by atomic mass is 35.5. The predicted molar refractivity (Wildman–Crippen MR) is 72.5 cm³/mol. The van der Waals surface area contributed by atoms with Crippen molar-refractivity contribution in [1.82, 2.24) is 9.97 Å². The molecule has 2 rings (SSSR count). The Morgan fingerprint density at radius 2 is 2.00 bits per heavy atom. The van der Waals surface area contributed by atoms with Crippen LogP contribution in [0.4, 0.5) is 24.7 Å². The van der Waals surface area contributed by atoms with Gasteiger partial charge in [0.25, 0.3) is 0 Å². The van der Waals surface area contributed by atoms with Crippen molar-refractivity contribution in [2.75, 3.05) is 12.4 Å². The third-order valence-electron chi connectivity index (χ3n) is 2.48. The first-order chi connectivity index (χ1) is 9.88. The molecule has 1 heterocycles. The number of aromatic nitrogens is 2. The molecule has 0 bridgehead atoms. The number of nitrogens with one attached hydrogen (secondary N) is 1. The summed E-state index contributed by atoms with van der Waals surface area (Å²) >= 11 is 5.83. The zero-order chi connectivity index (χ0) is 15.5. The summed E-state index contributed by atoms with van der Waals surface area (Å²) in [6.07, 6.45) is -4.40. The highest BCUT2D eigenvalue weighted by Crippen LogP contribution is 2.31. The zero-order valence-electron chi connectivity index (χ0n) is 10.9. The zero-order valence-corrected chi connectivity index (χ0v) is 11.7. The van der Waals surface area contributed by atoms with Gasteiger partial charge in [0.05, 0.1) is 5.56 Å². The topological polar surface area (TPSA) is 47.0 Å². The van der Waals surface area contributed by atoms with E-state index in [1.165, 1.54) is 25.3 Å². The molecule has 0 aliphatic carbocycles. The molecule has 0 fully saturated rings. The van der Waals surface area contributed by atoms with Gasteiger partial charge in [-0.1, -0.05) is 17.7 Å². The van der Waals surface area contributed by atoms with Gasteiger partial charge < -0.3 is 10.1 Å². The average Bonchev–Trinajstić information content (AvgIpc) is 2.37. The minimum Gasteiger partial charge on any atom is -0.377 e. The molecular weight excluding hydrogens is 307 g/mol. The second kappa shape index (κ2) is 6.28. The molecule has 0 saturated heterocycles.